The van der Waals surface area contributed by atoms with Crippen LogP contribution in [0.4, 0.5) is 0 Å². The summed E-state index contributed by atoms with van der Waals surface area (Å²) in [5.41, 5.74) is 0. The van der Waals surface area contributed by atoms with Crippen molar-refractivity contribution in [2.45, 2.75) is 0 Å². The molecule has 0 saturated heterocycles. The molecule has 504 valence electrons. The molecule has 0 aliphatic carbocycles. The van der Waals surface area contributed by atoms with Crippen LogP contribution in [0.5, 0.6) is 0 Å². The number of fused-ring (bicyclic) bond motifs is 24. The molecule has 108 heavy (non-hydrogen) atoms. The molecule has 0 heteroatoms. The van der Waals surface area contributed by atoms with Crippen LogP contribution in [-0.2, 0) is 0 Å². The van der Waals surface area contributed by atoms with Crippen LogP contribution in [0.1, 0.15) is 0 Å². The van der Waals surface area contributed by atoms with E-state index in [0.717, 1.165) is 0 Å². The lowest BCUT2D eigenvalue weighted by atomic mass is 9.98. The highest BCUT2D eigenvalue weighted by Gasteiger charge is 2.09. The molecule has 0 saturated carbocycles. The lowest BCUT2D eigenvalue weighted by molar-refractivity contribution is 1.77. The van der Waals surface area contributed by atoms with Gasteiger partial charge in [0.25, 0.3) is 0 Å². The summed E-state index contributed by atoms with van der Waals surface area (Å²) in [5.74, 6) is 0. The number of hydrogen-bond donors (Lipinski definition) is 0. The fourth-order valence-corrected chi connectivity index (χ4v) is 16.2. The summed E-state index contributed by atoms with van der Waals surface area (Å²) in [4.78, 5) is 0. The van der Waals surface area contributed by atoms with Crippen LogP contribution in [0, 0.1) is 0 Å². The Hall–Kier alpha value is -14.0. The molecule has 0 aromatic heterocycles. The first-order chi connectivity index (χ1) is 53.5. The minimum absolute atomic E-state index is 1.31. The van der Waals surface area contributed by atoms with Crippen LogP contribution in [0.2, 0.25) is 0 Å². The summed E-state index contributed by atoms with van der Waals surface area (Å²) in [6, 6.07) is 157. The van der Waals surface area contributed by atoms with Crippen molar-refractivity contribution < 1.29 is 0 Å². The van der Waals surface area contributed by atoms with Crippen LogP contribution in [0.15, 0.2) is 437 Å². The molecule has 0 atom stereocenters. The Bertz CT molecular complexity index is 6370. The van der Waals surface area contributed by atoms with Gasteiger partial charge in [0.1, 0.15) is 0 Å². The standard InChI is InChI=1S/6C18H12/c6*1-2-7-15-12-18-16(11-14(15)6-1)10-9-13-5-3-4-8-17(13)18/h6*1-12H. The summed E-state index contributed by atoms with van der Waals surface area (Å²) < 4.78 is 0. The first-order valence-corrected chi connectivity index (χ1v) is 37.3. The molecule has 0 unspecified atom stereocenters. The Morgan fingerprint density at radius 1 is 0.0648 bits per heavy atom. The first-order valence-electron chi connectivity index (χ1n) is 37.3. The van der Waals surface area contributed by atoms with Gasteiger partial charge in [-0.25, -0.2) is 0 Å². The molecule has 0 heterocycles. The van der Waals surface area contributed by atoms with E-state index < -0.39 is 0 Å². The lowest BCUT2D eigenvalue weighted by Crippen LogP contribution is -1.79. The van der Waals surface area contributed by atoms with Gasteiger partial charge >= 0.3 is 0 Å². The molecule has 0 amide bonds. The predicted molar refractivity (Wildman–Crippen MR) is 474 cm³/mol. The molecule has 0 N–H and O–H groups in total. The highest BCUT2D eigenvalue weighted by molar-refractivity contribution is 6.18. The van der Waals surface area contributed by atoms with Crippen molar-refractivity contribution in [3.63, 3.8) is 0 Å². The normalized spacial score (nSPS) is 11.3. The predicted octanol–water partition coefficient (Wildman–Crippen LogP) is 30.9. The maximum Gasteiger partial charge on any atom is -0.00990 e. The Morgan fingerprint density at radius 3 is 0.306 bits per heavy atom. The molecule has 24 aromatic carbocycles. The minimum atomic E-state index is 1.31. The molecule has 0 fully saturated rings. The van der Waals surface area contributed by atoms with E-state index in [9.17, 15) is 0 Å². The molecule has 0 aliphatic rings. The molecule has 24 rings (SSSR count). The third-order valence-electron chi connectivity index (χ3n) is 21.7. The van der Waals surface area contributed by atoms with Gasteiger partial charge in [-0.2, -0.15) is 0 Å². The summed E-state index contributed by atoms with van der Waals surface area (Å²) in [6.07, 6.45) is 0. The second-order valence-corrected chi connectivity index (χ2v) is 28.2. The van der Waals surface area contributed by atoms with E-state index in [1.807, 2.05) is 0 Å². The van der Waals surface area contributed by atoms with Gasteiger partial charge in [-0.15, -0.1) is 0 Å². The fourth-order valence-electron chi connectivity index (χ4n) is 16.2. The van der Waals surface area contributed by atoms with Gasteiger partial charge in [-0.1, -0.05) is 364 Å². The monoisotopic (exact) mass is 1370 g/mol. The van der Waals surface area contributed by atoms with Crippen LogP contribution in [0.3, 0.4) is 0 Å². The average Bonchev–Trinajstić information content (AvgIpc) is 0.808. The topological polar surface area (TPSA) is 0 Å². The number of hydrogen-bond acceptors (Lipinski definition) is 0. The van der Waals surface area contributed by atoms with Crippen molar-refractivity contribution in [3.05, 3.63) is 437 Å². The molecular formula is C108H72. The Labute approximate surface area is 626 Å². The molecule has 0 radical (unpaired) electrons. The third kappa shape index (κ3) is 12.8. The minimum Gasteiger partial charge on any atom is -0.0616 e. The molecule has 24 aromatic rings. The van der Waals surface area contributed by atoms with Gasteiger partial charge in [0.15, 0.2) is 0 Å². The van der Waals surface area contributed by atoms with Gasteiger partial charge in [-0.3, -0.25) is 0 Å². The van der Waals surface area contributed by atoms with E-state index >= 15 is 0 Å². The molecular weight excluding hydrogens is 1300 g/mol. The second kappa shape index (κ2) is 28.5. The zero-order valence-corrected chi connectivity index (χ0v) is 59.6. The Balaban J connectivity index is 0.0000000882. The molecule has 0 nitrogen and oxygen atoms in total. The van der Waals surface area contributed by atoms with E-state index in [2.05, 4.69) is 437 Å². The van der Waals surface area contributed by atoms with Crippen molar-refractivity contribution in [1.82, 2.24) is 0 Å². The maximum absolute atomic E-state index is 2.30. The van der Waals surface area contributed by atoms with Crippen molar-refractivity contribution >= 4 is 194 Å². The molecule has 0 bridgehead atoms. The highest BCUT2D eigenvalue weighted by Crippen LogP contribution is 2.36. The lowest BCUT2D eigenvalue weighted by Gasteiger charge is -2.06. The van der Waals surface area contributed by atoms with Crippen LogP contribution >= 0.6 is 0 Å². The van der Waals surface area contributed by atoms with Crippen molar-refractivity contribution in [2.75, 3.05) is 0 Å². The van der Waals surface area contributed by atoms with Crippen molar-refractivity contribution in [3.8, 4) is 0 Å². The van der Waals surface area contributed by atoms with Gasteiger partial charge in [-0.05, 0) is 267 Å². The second-order valence-electron chi connectivity index (χ2n) is 28.2. The van der Waals surface area contributed by atoms with E-state index in [1.165, 1.54) is 194 Å². The largest absolute Gasteiger partial charge is 0.0616 e. The van der Waals surface area contributed by atoms with E-state index in [1.54, 1.807) is 0 Å². The van der Waals surface area contributed by atoms with Crippen LogP contribution in [0.25, 0.3) is 194 Å². The number of rotatable bonds is 0. The summed E-state index contributed by atoms with van der Waals surface area (Å²) >= 11 is 0. The smallest absolute Gasteiger partial charge is 0.00990 e. The highest BCUT2D eigenvalue weighted by atomic mass is 14.1. The van der Waals surface area contributed by atoms with Crippen LogP contribution < -0.4 is 0 Å². The number of benzene rings is 24. The van der Waals surface area contributed by atoms with E-state index in [0.29, 0.717) is 0 Å². The van der Waals surface area contributed by atoms with Crippen molar-refractivity contribution in [1.29, 1.82) is 0 Å². The van der Waals surface area contributed by atoms with Gasteiger partial charge in [0, 0.05) is 0 Å². The average molecular weight is 1370 g/mol. The third-order valence-corrected chi connectivity index (χ3v) is 21.7. The summed E-state index contributed by atoms with van der Waals surface area (Å²) in [5, 5.41) is 47.4. The maximum atomic E-state index is 2.30. The van der Waals surface area contributed by atoms with E-state index in [4.69, 9.17) is 0 Å². The first kappa shape index (κ1) is 64.8. The van der Waals surface area contributed by atoms with Gasteiger partial charge in [0.05, 0.1) is 0 Å². The Morgan fingerprint density at radius 2 is 0.167 bits per heavy atom. The molecule has 0 aliphatic heterocycles. The zero-order valence-electron chi connectivity index (χ0n) is 59.6. The van der Waals surface area contributed by atoms with E-state index in [-0.39, 0.29) is 0 Å². The summed E-state index contributed by atoms with van der Waals surface area (Å²) in [7, 11) is 0. The quantitative estimate of drug-likeness (QED) is 0.105. The van der Waals surface area contributed by atoms with Gasteiger partial charge in [0.2, 0.25) is 0 Å². The zero-order chi connectivity index (χ0) is 71.7. The fraction of sp³-hybridized carbons (Fsp3) is 0. The van der Waals surface area contributed by atoms with Crippen LogP contribution in [-0.4, -0.2) is 0 Å². The Kier molecular flexibility index (Phi) is 17.1. The van der Waals surface area contributed by atoms with Crippen molar-refractivity contribution in [2.24, 2.45) is 0 Å². The SMILES string of the molecule is c1ccc2cc3c(ccc4ccccc43)cc2c1.c1ccc2cc3c(ccc4ccccc43)cc2c1.c1ccc2cc3c(ccc4ccccc43)cc2c1.c1ccc2cc3c(ccc4ccccc43)cc2c1.c1ccc2cc3c(ccc4ccccc43)cc2c1.c1ccc2cc3c(ccc4ccccc43)cc2c1. The summed E-state index contributed by atoms with van der Waals surface area (Å²) in [6.45, 7) is 0. The molecule has 0 spiro atoms. The van der Waals surface area contributed by atoms with Gasteiger partial charge < -0.3 is 0 Å².